The molecule has 0 saturated heterocycles. The molecule has 6 heteroatoms. The van der Waals surface area contributed by atoms with Crippen molar-refractivity contribution in [3.8, 4) is 0 Å². The highest BCUT2D eigenvalue weighted by atomic mass is 35.5. The first-order valence-corrected chi connectivity index (χ1v) is 5.30. The number of hydrogen-bond acceptors (Lipinski definition) is 3. The summed E-state index contributed by atoms with van der Waals surface area (Å²) in [4.78, 5) is 11.6. The van der Waals surface area contributed by atoms with E-state index in [9.17, 15) is 9.18 Å². The van der Waals surface area contributed by atoms with E-state index in [1.807, 2.05) is 13.8 Å². The highest BCUT2D eigenvalue weighted by molar-refractivity contribution is 6.33. The van der Waals surface area contributed by atoms with Gasteiger partial charge >= 0.3 is 0 Å². The van der Waals surface area contributed by atoms with Gasteiger partial charge in [-0.3, -0.25) is 4.79 Å². The smallest absolute Gasteiger partial charge is 0.176 e. The van der Waals surface area contributed by atoms with Gasteiger partial charge in [0.2, 0.25) is 0 Å². The summed E-state index contributed by atoms with van der Waals surface area (Å²) in [6.07, 6.45) is 0. The van der Waals surface area contributed by atoms with E-state index in [0.717, 1.165) is 6.07 Å². The third-order valence-corrected chi connectivity index (χ3v) is 2.38. The minimum Gasteiger partial charge on any atom is -0.395 e. The SMILES string of the molecule is CC(C)NCC(=O)c1cc(F)c(N)c(Cl)c1.Cl. The molecule has 0 heterocycles. The number of nitrogens with two attached hydrogens (primary N) is 1. The number of rotatable bonds is 4. The van der Waals surface area contributed by atoms with Crippen LogP contribution in [-0.4, -0.2) is 18.4 Å². The summed E-state index contributed by atoms with van der Waals surface area (Å²) in [5.41, 5.74) is 5.44. The molecular formula is C11H15Cl2FN2O. The van der Waals surface area contributed by atoms with Gasteiger partial charge in [0.05, 0.1) is 17.3 Å². The summed E-state index contributed by atoms with van der Waals surface area (Å²) < 4.78 is 13.2. The molecular weight excluding hydrogens is 266 g/mol. The van der Waals surface area contributed by atoms with E-state index in [0.29, 0.717) is 0 Å². The third kappa shape index (κ3) is 4.50. The first-order valence-electron chi connectivity index (χ1n) is 4.93. The van der Waals surface area contributed by atoms with Gasteiger partial charge in [-0.05, 0) is 12.1 Å². The number of ketones is 1. The molecule has 1 rings (SSSR count). The van der Waals surface area contributed by atoms with Crippen molar-refractivity contribution in [3.05, 3.63) is 28.5 Å². The molecule has 0 aliphatic rings. The summed E-state index contributed by atoms with van der Waals surface area (Å²) in [5.74, 6) is -0.880. The van der Waals surface area contributed by atoms with Crippen LogP contribution in [0.2, 0.25) is 5.02 Å². The monoisotopic (exact) mass is 280 g/mol. The highest BCUT2D eigenvalue weighted by Gasteiger charge is 2.12. The Hall–Kier alpha value is -0.840. The zero-order valence-corrected chi connectivity index (χ0v) is 11.2. The lowest BCUT2D eigenvalue weighted by Crippen LogP contribution is -2.29. The molecule has 0 saturated carbocycles. The van der Waals surface area contributed by atoms with Crippen LogP contribution in [0.15, 0.2) is 12.1 Å². The second-order valence-corrected chi connectivity index (χ2v) is 4.22. The average molecular weight is 281 g/mol. The standard InChI is InChI=1S/C11H14ClFN2O.ClH/c1-6(2)15-5-10(16)7-3-8(12)11(14)9(13)4-7;/h3-4,6,15H,5,14H2,1-2H3;1H. The molecule has 0 aromatic heterocycles. The van der Waals surface area contributed by atoms with Gasteiger partial charge in [0.1, 0.15) is 5.82 Å². The molecule has 0 aliphatic carbocycles. The average Bonchev–Trinajstić information content (AvgIpc) is 2.21. The molecule has 0 amide bonds. The first kappa shape index (κ1) is 16.2. The maximum Gasteiger partial charge on any atom is 0.176 e. The molecule has 1 aromatic rings. The molecule has 17 heavy (non-hydrogen) atoms. The van der Waals surface area contributed by atoms with Crippen molar-refractivity contribution < 1.29 is 9.18 Å². The number of benzene rings is 1. The van der Waals surface area contributed by atoms with E-state index in [4.69, 9.17) is 17.3 Å². The zero-order valence-electron chi connectivity index (χ0n) is 9.59. The van der Waals surface area contributed by atoms with Gasteiger partial charge in [0.25, 0.3) is 0 Å². The molecule has 0 atom stereocenters. The Morgan fingerprint density at radius 3 is 2.59 bits per heavy atom. The minimum atomic E-state index is -0.666. The number of nitrogens with one attached hydrogen (secondary N) is 1. The number of Topliss-reactive ketones (excluding diaryl/α,β-unsaturated/α-hetero) is 1. The van der Waals surface area contributed by atoms with Gasteiger partial charge in [-0.25, -0.2) is 4.39 Å². The Kier molecular flexibility index (Phi) is 6.45. The van der Waals surface area contributed by atoms with Crippen LogP contribution in [0.1, 0.15) is 24.2 Å². The van der Waals surface area contributed by atoms with Gasteiger partial charge in [0.15, 0.2) is 5.78 Å². The topological polar surface area (TPSA) is 55.1 Å². The van der Waals surface area contributed by atoms with Crippen LogP contribution in [0.5, 0.6) is 0 Å². The number of halogens is 3. The summed E-state index contributed by atoms with van der Waals surface area (Å²) in [5, 5.41) is 3.01. The number of anilines is 1. The summed E-state index contributed by atoms with van der Waals surface area (Å²) in [7, 11) is 0. The molecule has 0 spiro atoms. The van der Waals surface area contributed by atoms with Gasteiger partial charge in [-0.2, -0.15) is 0 Å². The number of carbonyl (C=O) groups excluding carboxylic acids is 1. The van der Waals surface area contributed by atoms with E-state index in [-0.39, 0.29) is 47.1 Å². The number of carbonyl (C=O) groups is 1. The lowest BCUT2D eigenvalue weighted by Gasteiger charge is -2.08. The molecule has 0 fully saturated rings. The van der Waals surface area contributed by atoms with Crippen LogP contribution < -0.4 is 11.1 Å². The Labute approximate surface area is 111 Å². The van der Waals surface area contributed by atoms with Crippen LogP contribution in [0.3, 0.4) is 0 Å². The van der Waals surface area contributed by atoms with E-state index < -0.39 is 5.82 Å². The Balaban J connectivity index is 0.00000256. The molecule has 96 valence electrons. The Bertz CT molecular complexity index is 387. The number of hydrogen-bond donors (Lipinski definition) is 2. The minimum absolute atomic E-state index is 0. The van der Waals surface area contributed by atoms with Crippen molar-refractivity contribution in [2.24, 2.45) is 0 Å². The molecule has 0 unspecified atom stereocenters. The predicted octanol–water partition coefficient (Wildman–Crippen LogP) is 2.66. The number of nitrogen functional groups attached to an aromatic ring is 1. The van der Waals surface area contributed by atoms with E-state index in [1.165, 1.54) is 6.07 Å². The second-order valence-electron chi connectivity index (χ2n) is 3.81. The largest absolute Gasteiger partial charge is 0.395 e. The van der Waals surface area contributed by atoms with Crippen molar-refractivity contribution in [3.63, 3.8) is 0 Å². The molecule has 0 aliphatic heterocycles. The van der Waals surface area contributed by atoms with Crippen molar-refractivity contribution in [2.75, 3.05) is 12.3 Å². The predicted molar refractivity (Wildman–Crippen MR) is 70.5 cm³/mol. The Morgan fingerprint density at radius 2 is 2.12 bits per heavy atom. The van der Waals surface area contributed by atoms with Gasteiger partial charge < -0.3 is 11.1 Å². The van der Waals surface area contributed by atoms with Crippen molar-refractivity contribution >= 4 is 35.5 Å². The first-order chi connectivity index (χ1) is 7.41. The van der Waals surface area contributed by atoms with Gasteiger partial charge in [-0.1, -0.05) is 25.4 Å². The highest BCUT2D eigenvalue weighted by Crippen LogP contribution is 2.23. The van der Waals surface area contributed by atoms with Gasteiger partial charge in [0, 0.05) is 11.6 Å². The van der Waals surface area contributed by atoms with Crippen LogP contribution in [-0.2, 0) is 0 Å². The summed E-state index contributed by atoms with van der Waals surface area (Å²) in [6.45, 7) is 3.99. The van der Waals surface area contributed by atoms with Crippen molar-refractivity contribution in [2.45, 2.75) is 19.9 Å². The Morgan fingerprint density at radius 1 is 1.53 bits per heavy atom. The quantitative estimate of drug-likeness (QED) is 0.659. The van der Waals surface area contributed by atoms with Crippen molar-refractivity contribution in [1.29, 1.82) is 0 Å². The van der Waals surface area contributed by atoms with E-state index in [1.54, 1.807) is 0 Å². The lowest BCUT2D eigenvalue weighted by atomic mass is 10.1. The third-order valence-electron chi connectivity index (χ3n) is 2.07. The summed E-state index contributed by atoms with van der Waals surface area (Å²) >= 11 is 5.69. The molecule has 0 radical (unpaired) electrons. The van der Waals surface area contributed by atoms with Crippen molar-refractivity contribution in [1.82, 2.24) is 5.32 Å². The second kappa shape index (κ2) is 6.79. The molecule has 3 nitrogen and oxygen atoms in total. The van der Waals surface area contributed by atoms with Gasteiger partial charge in [-0.15, -0.1) is 12.4 Å². The van der Waals surface area contributed by atoms with Crippen LogP contribution in [0, 0.1) is 5.82 Å². The van der Waals surface area contributed by atoms with E-state index in [2.05, 4.69) is 5.32 Å². The maximum absolute atomic E-state index is 13.2. The lowest BCUT2D eigenvalue weighted by molar-refractivity contribution is 0.0988. The van der Waals surface area contributed by atoms with Crippen LogP contribution >= 0.6 is 24.0 Å². The molecule has 3 N–H and O–H groups in total. The maximum atomic E-state index is 13.2. The molecule has 1 aromatic carbocycles. The fraction of sp³-hybridized carbons (Fsp3) is 0.364. The zero-order chi connectivity index (χ0) is 12.3. The fourth-order valence-corrected chi connectivity index (χ4v) is 1.35. The van der Waals surface area contributed by atoms with Crippen LogP contribution in [0.4, 0.5) is 10.1 Å². The fourth-order valence-electron chi connectivity index (χ4n) is 1.14. The summed E-state index contributed by atoms with van der Waals surface area (Å²) in [6, 6.07) is 2.67. The van der Waals surface area contributed by atoms with Crippen LogP contribution in [0.25, 0.3) is 0 Å². The van der Waals surface area contributed by atoms with E-state index >= 15 is 0 Å². The normalized spacial score (nSPS) is 10.2. The molecule has 0 bridgehead atoms.